The van der Waals surface area contributed by atoms with Crippen LogP contribution in [0, 0.1) is 12.9 Å². The van der Waals surface area contributed by atoms with Crippen LogP contribution in [0.2, 0.25) is 0 Å². The van der Waals surface area contributed by atoms with Crippen LogP contribution in [-0.4, -0.2) is 11.2 Å². The van der Waals surface area contributed by atoms with Gasteiger partial charge in [0.25, 0.3) is 0 Å². The number of aromatic nitrogens is 1. The Labute approximate surface area is 63.7 Å². The predicted octanol–water partition coefficient (Wildman–Crippen LogP) is 2.25. The summed E-state index contributed by atoms with van der Waals surface area (Å²) in [6.07, 6.45) is 3.36. The third kappa shape index (κ3) is 1.48. The molecule has 54 valence electrons. The Balaban J connectivity index is 3.09. The number of hydrogen-bond donors (Lipinski definition) is 0. The van der Waals surface area contributed by atoms with Gasteiger partial charge in [-0.1, -0.05) is 0 Å². The molecule has 0 saturated heterocycles. The molecular formula is C7H8FNS. The maximum Gasteiger partial charge on any atom is 0.226 e. The van der Waals surface area contributed by atoms with E-state index in [1.165, 1.54) is 18.0 Å². The van der Waals surface area contributed by atoms with E-state index in [-0.39, 0.29) is 5.95 Å². The number of pyridine rings is 1. The zero-order chi connectivity index (χ0) is 7.56. The van der Waals surface area contributed by atoms with Gasteiger partial charge in [0, 0.05) is 6.20 Å². The zero-order valence-corrected chi connectivity index (χ0v) is 6.70. The lowest BCUT2D eigenvalue weighted by Crippen LogP contribution is -1.86. The van der Waals surface area contributed by atoms with Crippen LogP contribution in [0.3, 0.4) is 0 Å². The Hall–Kier alpha value is -0.570. The highest BCUT2D eigenvalue weighted by Crippen LogP contribution is 2.17. The molecule has 0 atom stereocenters. The summed E-state index contributed by atoms with van der Waals surface area (Å²) in [7, 11) is 0. The van der Waals surface area contributed by atoms with E-state index in [1.54, 1.807) is 6.07 Å². The monoisotopic (exact) mass is 157 g/mol. The van der Waals surface area contributed by atoms with Crippen molar-refractivity contribution in [2.75, 3.05) is 6.26 Å². The van der Waals surface area contributed by atoms with Gasteiger partial charge in [-0.2, -0.15) is 4.39 Å². The first-order chi connectivity index (χ1) is 4.74. The van der Waals surface area contributed by atoms with E-state index in [0.717, 1.165) is 5.56 Å². The standard InChI is InChI=1S/C7H8FNS/c1-5-3-6(10-2)7(8)9-4-5/h3-4H,1-2H3. The molecule has 1 heterocycles. The van der Waals surface area contributed by atoms with Gasteiger partial charge in [-0.3, -0.25) is 0 Å². The van der Waals surface area contributed by atoms with Crippen molar-refractivity contribution in [1.29, 1.82) is 0 Å². The largest absolute Gasteiger partial charge is 0.227 e. The summed E-state index contributed by atoms with van der Waals surface area (Å²) < 4.78 is 12.6. The van der Waals surface area contributed by atoms with Crippen LogP contribution in [-0.2, 0) is 0 Å². The second-order valence-corrected chi connectivity index (χ2v) is 2.85. The highest BCUT2D eigenvalue weighted by atomic mass is 32.2. The van der Waals surface area contributed by atoms with Crippen molar-refractivity contribution in [2.24, 2.45) is 0 Å². The first-order valence-corrected chi connectivity index (χ1v) is 4.12. The smallest absolute Gasteiger partial charge is 0.226 e. The van der Waals surface area contributed by atoms with E-state index in [4.69, 9.17) is 0 Å². The second kappa shape index (κ2) is 3.01. The molecular weight excluding hydrogens is 149 g/mol. The molecule has 3 heteroatoms. The molecule has 0 N–H and O–H groups in total. The number of aryl methyl sites for hydroxylation is 1. The molecule has 1 rings (SSSR count). The first-order valence-electron chi connectivity index (χ1n) is 2.90. The number of rotatable bonds is 1. The molecule has 0 fully saturated rings. The van der Waals surface area contributed by atoms with Gasteiger partial charge in [0.15, 0.2) is 0 Å². The minimum atomic E-state index is -0.377. The molecule has 0 aliphatic rings. The molecule has 0 aliphatic heterocycles. The summed E-state index contributed by atoms with van der Waals surface area (Å²) in [6.45, 7) is 1.90. The molecule has 0 saturated carbocycles. The first kappa shape index (κ1) is 7.54. The van der Waals surface area contributed by atoms with Crippen molar-refractivity contribution in [3.63, 3.8) is 0 Å². The fourth-order valence-electron chi connectivity index (χ4n) is 0.669. The highest BCUT2D eigenvalue weighted by Gasteiger charge is 1.99. The minimum absolute atomic E-state index is 0.377. The van der Waals surface area contributed by atoms with Gasteiger partial charge in [-0.05, 0) is 24.8 Å². The Morgan fingerprint density at radius 2 is 2.30 bits per heavy atom. The van der Waals surface area contributed by atoms with Gasteiger partial charge < -0.3 is 0 Å². The SMILES string of the molecule is CSc1cc(C)cnc1F. The van der Waals surface area contributed by atoms with Gasteiger partial charge >= 0.3 is 0 Å². The van der Waals surface area contributed by atoms with E-state index in [2.05, 4.69) is 4.98 Å². The van der Waals surface area contributed by atoms with Crippen molar-refractivity contribution in [2.45, 2.75) is 11.8 Å². The lowest BCUT2D eigenvalue weighted by molar-refractivity contribution is 0.556. The Bertz CT molecular complexity index is 237. The van der Waals surface area contributed by atoms with Gasteiger partial charge in [-0.25, -0.2) is 4.98 Å². The molecule has 10 heavy (non-hydrogen) atoms. The fraction of sp³-hybridized carbons (Fsp3) is 0.286. The van der Waals surface area contributed by atoms with Gasteiger partial charge in [-0.15, -0.1) is 11.8 Å². The van der Waals surface area contributed by atoms with Gasteiger partial charge in [0.1, 0.15) is 0 Å². The Morgan fingerprint density at radius 1 is 1.60 bits per heavy atom. The van der Waals surface area contributed by atoms with E-state index in [1.807, 2.05) is 13.2 Å². The van der Waals surface area contributed by atoms with E-state index in [9.17, 15) is 4.39 Å². The van der Waals surface area contributed by atoms with Crippen molar-refractivity contribution >= 4 is 11.8 Å². The molecule has 0 aromatic carbocycles. The quantitative estimate of drug-likeness (QED) is 0.458. The minimum Gasteiger partial charge on any atom is -0.227 e. The Kier molecular flexibility index (Phi) is 2.27. The summed E-state index contributed by atoms with van der Waals surface area (Å²) in [5.41, 5.74) is 0.991. The van der Waals surface area contributed by atoms with Crippen LogP contribution in [0.5, 0.6) is 0 Å². The van der Waals surface area contributed by atoms with Crippen molar-refractivity contribution in [3.05, 3.63) is 23.8 Å². The average Bonchev–Trinajstić information content (AvgIpc) is 1.94. The molecule has 0 radical (unpaired) electrons. The second-order valence-electron chi connectivity index (χ2n) is 2.01. The fourth-order valence-corrected chi connectivity index (χ4v) is 1.19. The molecule has 1 aromatic rings. The summed E-state index contributed by atoms with van der Waals surface area (Å²) in [5, 5.41) is 0. The average molecular weight is 157 g/mol. The molecule has 0 spiro atoms. The topological polar surface area (TPSA) is 12.9 Å². The lowest BCUT2D eigenvalue weighted by atomic mass is 10.3. The normalized spacial score (nSPS) is 9.90. The molecule has 0 amide bonds. The van der Waals surface area contributed by atoms with Crippen LogP contribution in [0.1, 0.15) is 5.56 Å². The van der Waals surface area contributed by atoms with Crippen LogP contribution < -0.4 is 0 Å². The molecule has 0 bridgehead atoms. The maximum absolute atomic E-state index is 12.6. The van der Waals surface area contributed by atoms with Gasteiger partial charge in [0.05, 0.1) is 4.90 Å². The molecule has 1 aromatic heterocycles. The van der Waals surface area contributed by atoms with Crippen LogP contribution in [0.25, 0.3) is 0 Å². The number of nitrogens with zero attached hydrogens (tertiary/aromatic N) is 1. The van der Waals surface area contributed by atoms with Crippen LogP contribution in [0.4, 0.5) is 4.39 Å². The van der Waals surface area contributed by atoms with Crippen molar-refractivity contribution < 1.29 is 4.39 Å². The summed E-state index contributed by atoms with van der Waals surface area (Å²) >= 11 is 1.37. The molecule has 0 aliphatic carbocycles. The van der Waals surface area contributed by atoms with E-state index >= 15 is 0 Å². The number of thioether (sulfide) groups is 1. The van der Waals surface area contributed by atoms with Crippen molar-refractivity contribution in [1.82, 2.24) is 4.98 Å². The molecule has 0 unspecified atom stereocenters. The summed E-state index contributed by atoms with van der Waals surface area (Å²) in [6, 6.07) is 1.78. The third-order valence-corrected chi connectivity index (χ3v) is 1.89. The van der Waals surface area contributed by atoms with E-state index in [0.29, 0.717) is 4.90 Å². The highest BCUT2D eigenvalue weighted by molar-refractivity contribution is 7.98. The van der Waals surface area contributed by atoms with Gasteiger partial charge in [0.2, 0.25) is 5.95 Å². The van der Waals surface area contributed by atoms with Crippen molar-refractivity contribution in [3.8, 4) is 0 Å². The number of hydrogen-bond acceptors (Lipinski definition) is 2. The zero-order valence-electron chi connectivity index (χ0n) is 5.89. The maximum atomic E-state index is 12.6. The van der Waals surface area contributed by atoms with Crippen LogP contribution >= 0.6 is 11.8 Å². The summed E-state index contributed by atoms with van der Waals surface area (Å²) in [5.74, 6) is -0.377. The third-order valence-electron chi connectivity index (χ3n) is 1.16. The number of halogens is 1. The Morgan fingerprint density at radius 3 is 2.80 bits per heavy atom. The van der Waals surface area contributed by atoms with E-state index < -0.39 is 0 Å². The van der Waals surface area contributed by atoms with Crippen LogP contribution in [0.15, 0.2) is 17.2 Å². The molecule has 1 nitrogen and oxygen atoms in total. The lowest BCUT2D eigenvalue weighted by Gasteiger charge is -1.97. The summed E-state index contributed by atoms with van der Waals surface area (Å²) in [4.78, 5) is 4.17. The predicted molar refractivity (Wildman–Crippen MR) is 40.7 cm³/mol.